The standard InChI is InChI=1S/C28H22F2N6O2/c1-15-5-4-6-16-11-18(36(28(38)23(15)16)21-8-3-2-7-19(21)29)13-33-27-24(26(32)34-14-35-27)25(31)17-9-10-22(37)20(30)12-17/h2-12,14,31,37H,13H2,1H3,(H3,32,33,34,35). The maximum atomic E-state index is 14.9. The Labute approximate surface area is 215 Å². The normalized spacial score (nSPS) is 11.0. The number of aromatic hydroxyl groups is 1. The molecule has 0 amide bonds. The van der Waals surface area contributed by atoms with Gasteiger partial charge in [0, 0.05) is 11.3 Å². The number of para-hydroxylation sites is 1. The van der Waals surface area contributed by atoms with Gasteiger partial charge in [0.2, 0.25) is 0 Å². The summed E-state index contributed by atoms with van der Waals surface area (Å²) in [5.41, 5.74) is 7.06. The average Bonchev–Trinajstić information content (AvgIpc) is 2.89. The fraction of sp³-hybridized carbons (Fsp3) is 0.0714. The third kappa shape index (κ3) is 4.32. The molecule has 5 rings (SSSR count). The molecule has 38 heavy (non-hydrogen) atoms. The second-order valence-electron chi connectivity index (χ2n) is 8.64. The number of pyridine rings is 1. The first-order valence-electron chi connectivity index (χ1n) is 11.6. The molecular weight excluding hydrogens is 490 g/mol. The smallest absolute Gasteiger partial charge is 0.263 e. The first kappa shape index (κ1) is 24.6. The van der Waals surface area contributed by atoms with Gasteiger partial charge in [-0.15, -0.1) is 0 Å². The SMILES string of the molecule is Cc1cccc2cc(CNc3ncnc(N)c3C(=N)c3ccc(O)c(F)c3)n(-c3ccccc3F)c(=O)c12. The monoisotopic (exact) mass is 512 g/mol. The van der Waals surface area contributed by atoms with E-state index < -0.39 is 17.4 Å². The lowest BCUT2D eigenvalue weighted by Crippen LogP contribution is -2.25. The van der Waals surface area contributed by atoms with Crippen LogP contribution in [0.2, 0.25) is 0 Å². The van der Waals surface area contributed by atoms with Crippen LogP contribution in [0, 0.1) is 24.0 Å². The van der Waals surface area contributed by atoms with Crippen molar-refractivity contribution in [1.29, 1.82) is 5.41 Å². The number of nitrogens with two attached hydrogens (primary N) is 1. The first-order chi connectivity index (χ1) is 18.3. The van der Waals surface area contributed by atoms with Crippen molar-refractivity contribution in [1.82, 2.24) is 14.5 Å². The largest absolute Gasteiger partial charge is 0.505 e. The van der Waals surface area contributed by atoms with E-state index in [4.69, 9.17) is 11.1 Å². The van der Waals surface area contributed by atoms with Crippen LogP contribution in [0.4, 0.5) is 20.4 Å². The molecule has 0 atom stereocenters. The molecular formula is C28H22F2N6O2. The highest BCUT2D eigenvalue weighted by Crippen LogP contribution is 2.26. The number of nitrogen functional groups attached to an aromatic ring is 1. The Balaban J connectivity index is 1.61. The fourth-order valence-corrected chi connectivity index (χ4v) is 4.38. The van der Waals surface area contributed by atoms with Crippen molar-refractivity contribution < 1.29 is 13.9 Å². The van der Waals surface area contributed by atoms with E-state index in [9.17, 15) is 18.7 Å². The molecule has 5 N–H and O–H groups in total. The lowest BCUT2D eigenvalue weighted by molar-refractivity contribution is 0.432. The Morgan fingerprint density at radius 2 is 1.84 bits per heavy atom. The maximum Gasteiger partial charge on any atom is 0.263 e. The first-order valence-corrected chi connectivity index (χ1v) is 11.6. The Morgan fingerprint density at radius 3 is 2.61 bits per heavy atom. The van der Waals surface area contributed by atoms with Crippen molar-refractivity contribution in [3.8, 4) is 11.4 Å². The van der Waals surface area contributed by atoms with Gasteiger partial charge in [0.1, 0.15) is 23.8 Å². The number of aryl methyl sites for hydroxylation is 1. The fourth-order valence-electron chi connectivity index (χ4n) is 4.38. The van der Waals surface area contributed by atoms with Crippen molar-refractivity contribution in [2.75, 3.05) is 11.1 Å². The number of nitrogens with one attached hydrogen (secondary N) is 2. The zero-order chi connectivity index (χ0) is 27.0. The van der Waals surface area contributed by atoms with Crippen LogP contribution in [0.3, 0.4) is 0 Å². The van der Waals surface area contributed by atoms with Gasteiger partial charge < -0.3 is 16.2 Å². The molecule has 2 aromatic heterocycles. The van der Waals surface area contributed by atoms with Gasteiger partial charge in [-0.2, -0.15) is 0 Å². The van der Waals surface area contributed by atoms with Crippen LogP contribution in [0.15, 0.2) is 77.9 Å². The quantitative estimate of drug-likeness (QED) is 0.244. The number of fused-ring (bicyclic) bond motifs is 1. The minimum absolute atomic E-state index is 0.00806. The van der Waals surface area contributed by atoms with Gasteiger partial charge in [-0.1, -0.05) is 30.3 Å². The number of aromatic nitrogens is 3. The van der Waals surface area contributed by atoms with E-state index >= 15 is 0 Å². The Kier molecular flexibility index (Phi) is 6.29. The van der Waals surface area contributed by atoms with Gasteiger partial charge in [-0.3, -0.25) is 14.8 Å². The van der Waals surface area contributed by atoms with Crippen molar-refractivity contribution in [3.05, 3.63) is 117 Å². The van der Waals surface area contributed by atoms with E-state index in [1.165, 1.54) is 29.1 Å². The number of hydrogen-bond acceptors (Lipinski definition) is 7. The number of hydrogen-bond donors (Lipinski definition) is 4. The van der Waals surface area contributed by atoms with E-state index in [1.807, 2.05) is 25.1 Å². The summed E-state index contributed by atoms with van der Waals surface area (Å²) in [4.78, 5) is 21.8. The molecule has 2 heterocycles. The third-order valence-electron chi connectivity index (χ3n) is 6.22. The number of phenolic OH excluding ortho intramolecular Hbond substituents is 1. The van der Waals surface area contributed by atoms with Crippen molar-refractivity contribution in [2.45, 2.75) is 13.5 Å². The molecule has 190 valence electrons. The molecule has 0 saturated heterocycles. The molecule has 0 fully saturated rings. The van der Waals surface area contributed by atoms with Crippen molar-refractivity contribution in [3.63, 3.8) is 0 Å². The number of anilines is 2. The van der Waals surface area contributed by atoms with Crippen molar-refractivity contribution in [2.24, 2.45) is 0 Å². The molecule has 0 bridgehead atoms. The summed E-state index contributed by atoms with van der Waals surface area (Å²) in [6.45, 7) is 1.83. The van der Waals surface area contributed by atoms with Gasteiger partial charge in [-0.05, 0) is 54.3 Å². The van der Waals surface area contributed by atoms with Crippen LogP contribution in [0.1, 0.15) is 22.4 Å². The van der Waals surface area contributed by atoms with Crippen molar-refractivity contribution >= 4 is 28.1 Å². The van der Waals surface area contributed by atoms with E-state index in [2.05, 4.69) is 15.3 Å². The molecule has 0 spiro atoms. The lowest BCUT2D eigenvalue weighted by atomic mass is 10.0. The van der Waals surface area contributed by atoms with Crippen LogP contribution >= 0.6 is 0 Å². The summed E-state index contributed by atoms with van der Waals surface area (Å²) >= 11 is 0. The Hall–Kier alpha value is -5.12. The number of nitrogens with zero attached hydrogens (tertiary/aromatic N) is 3. The Morgan fingerprint density at radius 1 is 1.05 bits per heavy atom. The predicted octanol–water partition coefficient (Wildman–Crippen LogP) is 4.68. The van der Waals surface area contributed by atoms with Crippen LogP contribution in [-0.4, -0.2) is 25.4 Å². The summed E-state index contributed by atoms with van der Waals surface area (Å²) in [5, 5.41) is 22.4. The molecule has 3 aromatic carbocycles. The number of halogens is 2. The summed E-state index contributed by atoms with van der Waals surface area (Å²) < 4.78 is 30.2. The summed E-state index contributed by atoms with van der Waals surface area (Å²) in [7, 11) is 0. The third-order valence-corrected chi connectivity index (χ3v) is 6.22. The molecule has 0 aliphatic carbocycles. The zero-order valence-electron chi connectivity index (χ0n) is 20.2. The van der Waals surface area contributed by atoms with Gasteiger partial charge in [0.05, 0.1) is 28.9 Å². The summed E-state index contributed by atoms with van der Waals surface area (Å²) in [6, 6.07) is 16.8. The highest BCUT2D eigenvalue weighted by Gasteiger charge is 2.19. The second-order valence-corrected chi connectivity index (χ2v) is 8.64. The molecule has 0 radical (unpaired) electrons. The van der Waals surface area contributed by atoms with E-state index in [0.717, 1.165) is 17.7 Å². The summed E-state index contributed by atoms with van der Waals surface area (Å²) in [5.74, 6) is -1.87. The number of phenols is 1. The topological polar surface area (TPSA) is 130 Å². The van der Waals surface area contributed by atoms with Crippen LogP contribution in [0.5, 0.6) is 5.75 Å². The van der Waals surface area contributed by atoms with E-state index in [-0.39, 0.29) is 46.3 Å². The van der Waals surface area contributed by atoms with E-state index in [0.29, 0.717) is 16.5 Å². The number of benzene rings is 3. The highest BCUT2D eigenvalue weighted by atomic mass is 19.1. The van der Waals surface area contributed by atoms with Gasteiger partial charge >= 0.3 is 0 Å². The lowest BCUT2D eigenvalue weighted by Gasteiger charge is -2.18. The number of rotatable bonds is 6. The molecule has 0 saturated carbocycles. The predicted molar refractivity (Wildman–Crippen MR) is 142 cm³/mol. The van der Waals surface area contributed by atoms with E-state index in [1.54, 1.807) is 18.2 Å². The molecule has 10 heteroatoms. The van der Waals surface area contributed by atoms with Gasteiger partial charge in [-0.25, -0.2) is 18.7 Å². The second kappa shape index (κ2) is 9.74. The molecule has 8 nitrogen and oxygen atoms in total. The maximum absolute atomic E-state index is 14.9. The summed E-state index contributed by atoms with van der Waals surface area (Å²) in [6.07, 6.45) is 1.21. The Bertz CT molecular complexity index is 1780. The van der Waals surface area contributed by atoms with Gasteiger partial charge in [0.15, 0.2) is 11.6 Å². The minimum Gasteiger partial charge on any atom is -0.505 e. The molecule has 0 unspecified atom stereocenters. The average molecular weight is 513 g/mol. The molecule has 0 aliphatic rings. The van der Waals surface area contributed by atoms with Gasteiger partial charge in [0.25, 0.3) is 5.56 Å². The van der Waals surface area contributed by atoms with Crippen LogP contribution in [0.25, 0.3) is 16.5 Å². The van der Waals surface area contributed by atoms with Crippen LogP contribution < -0.4 is 16.6 Å². The minimum atomic E-state index is -0.891. The molecule has 5 aromatic rings. The molecule has 0 aliphatic heterocycles. The highest BCUT2D eigenvalue weighted by molar-refractivity contribution is 6.16. The van der Waals surface area contributed by atoms with Crippen LogP contribution in [-0.2, 0) is 6.54 Å². The zero-order valence-corrected chi connectivity index (χ0v) is 20.2.